The predicted molar refractivity (Wildman–Crippen MR) is 257 cm³/mol. The van der Waals surface area contributed by atoms with Crippen LogP contribution in [0.15, 0.2) is 212 Å². The monoisotopic (exact) mass is 817 g/mol. The standard InChI is InChI=1S/C58H35N5O/c1-3-17-36(18-4-1)55-59-56(37-19-5-2-6-20-37)61-57(60-55)38-21-15-22-39(33-38)62-48-29-11-8-24-41(48)43-34-53-47(35-51(43)62)58(45-27-10-14-32-52(45)64-53)44-26-9-13-31-50(44)63-49-30-12-7-23-40(49)42-25-16-28-46(58)54(42)63/h1-35H. The Balaban J connectivity index is 1.05. The summed E-state index contributed by atoms with van der Waals surface area (Å²) >= 11 is 0. The average Bonchev–Trinajstić information content (AvgIpc) is 3.88. The third-order valence-electron chi connectivity index (χ3n) is 13.4. The van der Waals surface area contributed by atoms with E-state index in [2.05, 4.69) is 161 Å². The van der Waals surface area contributed by atoms with Crippen molar-refractivity contribution in [1.29, 1.82) is 0 Å². The lowest BCUT2D eigenvalue weighted by molar-refractivity contribution is 0.435. The normalized spacial score (nSPS) is 14.8. The van der Waals surface area contributed by atoms with Crippen molar-refractivity contribution in [3.8, 4) is 57.0 Å². The van der Waals surface area contributed by atoms with Gasteiger partial charge in [-0.3, -0.25) is 0 Å². The Morgan fingerprint density at radius 3 is 1.64 bits per heavy atom. The summed E-state index contributed by atoms with van der Waals surface area (Å²) in [6, 6.07) is 75.4. The minimum absolute atomic E-state index is 0.610. The van der Waals surface area contributed by atoms with E-state index in [-0.39, 0.29) is 0 Å². The van der Waals surface area contributed by atoms with E-state index in [0.717, 1.165) is 66.8 Å². The van der Waals surface area contributed by atoms with Crippen molar-refractivity contribution in [2.75, 3.05) is 0 Å². The van der Waals surface area contributed by atoms with Crippen molar-refractivity contribution in [3.05, 3.63) is 235 Å². The molecule has 1 spiro atoms. The van der Waals surface area contributed by atoms with E-state index in [4.69, 9.17) is 19.7 Å². The summed E-state index contributed by atoms with van der Waals surface area (Å²) in [6.07, 6.45) is 0. The maximum atomic E-state index is 7.07. The average molecular weight is 818 g/mol. The maximum Gasteiger partial charge on any atom is 0.164 e. The van der Waals surface area contributed by atoms with Gasteiger partial charge in [-0.05, 0) is 59.7 Å². The van der Waals surface area contributed by atoms with E-state index >= 15 is 0 Å². The van der Waals surface area contributed by atoms with Crippen LogP contribution < -0.4 is 4.74 Å². The molecule has 14 rings (SSSR count). The summed E-state index contributed by atoms with van der Waals surface area (Å²) in [5.41, 5.74) is 13.5. The van der Waals surface area contributed by atoms with Crippen LogP contribution in [-0.4, -0.2) is 24.1 Å². The molecule has 9 aromatic carbocycles. The molecule has 0 bridgehead atoms. The van der Waals surface area contributed by atoms with Crippen LogP contribution in [0.25, 0.3) is 89.2 Å². The van der Waals surface area contributed by atoms with Gasteiger partial charge < -0.3 is 13.9 Å². The van der Waals surface area contributed by atoms with Crippen molar-refractivity contribution >= 4 is 43.6 Å². The van der Waals surface area contributed by atoms with E-state index in [1.165, 1.54) is 38.6 Å². The predicted octanol–water partition coefficient (Wildman–Crippen LogP) is 13.9. The Labute approximate surface area is 368 Å². The number of hydrogen-bond donors (Lipinski definition) is 0. The zero-order chi connectivity index (χ0) is 41.9. The molecule has 0 saturated carbocycles. The van der Waals surface area contributed by atoms with Crippen LogP contribution in [0.1, 0.15) is 22.3 Å². The molecule has 0 aliphatic carbocycles. The number of nitrogens with zero attached hydrogens (tertiary/aromatic N) is 5. The number of fused-ring (bicyclic) bond motifs is 14. The van der Waals surface area contributed by atoms with E-state index in [1.807, 2.05) is 60.7 Å². The number of ether oxygens (including phenoxy) is 1. The second-order valence-electron chi connectivity index (χ2n) is 16.7. The Kier molecular flexibility index (Phi) is 7.22. The van der Waals surface area contributed by atoms with Gasteiger partial charge in [-0.25, -0.2) is 15.0 Å². The molecule has 1 unspecified atom stereocenters. The van der Waals surface area contributed by atoms with Gasteiger partial charge in [-0.1, -0.05) is 164 Å². The van der Waals surface area contributed by atoms with Crippen LogP contribution in [0, 0.1) is 0 Å². The van der Waals surface area contributed by atoms with Crippen LogP contribution >= 0.6 is 0 Å². The molecule has 0 amide bonds. The zero-order valence-electron chi connectivity index (χ0n) is 34.4. The lowest BCUT2D eigenvalue weighted by atomic mass is 9.61. The van der Waals surface area contributed by atoms with Gasteiger partial charge in [0.2, 0.25) is 0 Å². The Morgan fingerprint density at radius 2 is 0.891 bits per heavy atom. The van der Waals surface area contributed by atoms with Gasteiger partial charge in [0.15, 0.2) is 17.5 Å². The van der Waals surface area contributed by atoms with Gasteiger partial charge in [0.05, 0.1) is 33.2 Å². The second-order valence-corrected chi connectivity index (χ2v) is 16.7. The van der Waals surface area contributed by atoms with Gasteiger partial charge in [0.25, 0.3) is 0 Å². The summed E-state index contributed by atoms with van der Waals surface area (Å²) in [5, 5.41) is 4.74. The molecule has 0 fully saturated rings. The second kappa shape index (κ2) is 13.2. The molecule has 6 nitrogen and oxygen atoms in total. The molecule has 298 valence electrons. The third kappa shape index (κ3) is 4.76. The van der Waals surface area contributed by atoms with Crippen molar-refractivity contribution < 1.29 is 4.74 Å². The Bertz CT molecular complexity index is 3830. The molecule has 6 heteroatoms. The van der Waals surface area contributed by atoms with Crippen molar-refractivity contribution in [1.82, 2.24) is 24.1 Å². The van der Waals surface area contributed by atoms with E-state index in [1.54, 1.807) is 0 Å². The fourth-order valence-electron chi connectivity index (χ4n) is 10.8. The molecular weight excluding hydrogens is 783 g/mol. The van der Waals surface area contributed by atoms with Gasteiger partial charge in [-0.15, -0.1) is 0 Å². The minimum atomic E-state index is -0.700. The molecule has 2 aliphatic rings. The van der Waals surface area contributed by atoms with Crippen LogP contribution in [0.3, 0.4) is 0 Å². The van der Waals surface area contributed by atoms with E-state index in [9.17, 15) is 0 Å². The minimum Gasteiger partial charge on any atom is -0.457 e. The van der Waals surface area contributed by atoms with Crippen molar-refractivity contribution in [3.63, 3.8) is 0 Å². The first-order chi connectivity index (χ1) is 31.7. The number of para-hydroxylation sites is 5. The van der Waals surface area contributed by atoms with Crippen LogP contribution in [-0.2, 0) is 5.41 Å². The molecule has 3 aromatic heterocycles. The van der Waals surface area contributed by atoms with Crippen LogP contribution in [0.5, 0.6) is 11.5 Å². The molecule has 64 heavy (non-hydrogen) atoms. The third-order valence-corrected chi connectivity index (χ3v) is 13.4. The van der Waals surface area contributed by atoms with Gasteiger partial charge >= 0.3 is 0 Å². The van der Waals surface area contributed by atoms with Crippen molar-refractivity contribution in [2.24, 2.45) is 0 Å². The highest BCUT2D eigenvalue weighted by Crippen LogP contribution is 2.61. The summed E-state index contributed by atoms with van der Waals surface area (Å²) in [7, 11) is 0. The molecule has 2 aliphatic heterocycles. The molecule has 0 saturated heterocycles. The largest absolute Gasteiger partial charge is 0.457 e. The van der Waals surface area contributed by atoms with Crippen LogP contribution in [0.2, 0.25) is 0 Å². The summed E-state index contributed by atoms with van der Waals surface area (Å²) in [6.45, 7) is 0. The first-order valence-electron chi connectivity index (χ1n) is 21.7. The smallest absolute Gasteiger partial charge is 0.164 e. The molecule has 12 aromatic rings. The maximum absolute atomic E-state index is 7.07. The van der Waals surface area contributed by atoms with Crippen LogP contribution in [0.4, 0.5) is 0 Å². The first-order valence-corrected chi connectivity index (χ1v) is 21.7. The van der Waals surface area contributed by atoms with E-state index in [0.29, 0.717) is 17.5 Å². The molecule has 5 heterocycles. The SMILES string of the molecule is c1ccc(-c2nc(-c3ccccc3)nc(-c3cccc(-n4c5ccccc5c5cc6c(cc54)C4(c5ccccc5O6)c5ccccc5-n5c6ccccc6c6cccc4c65)c3)n2)cc1. The number of hydrogen-bond acceptors (Lipinski definition) is 4. The summed E-state index contributed by atoms with van der Waals surface area (Å²) in [5.74, 6) is 3.59. The lowest BCUT2D eigenvalue weighted by Crippen LogP contribution is -2.37. The number of aromatic nitrogens is 5. The van der Waals surface area contributed by atoms with Crippen molar-refractivity contribution in [2.45, 2.75) is 5.41 Å². The van der Waals surface area contributed by atoms with Gasteiger partial charge in [-0.2, -0.15) is 0 Å². The molecule has 1 atom stereocenters. The summed E-state index contributed by atoms with van der Waals surface area (Å²) in [4.78, 5) is 15.2. The van der Waals surface area contributed by atoms with Gasteiger partial charge in [0, 0.05) is 55.0 Å². The highest BCUT2D eigenvalue weighted by molar-refractivity contribution is 6.13. The lowest BCUT2D eigenvalue weighted by Gasteiger charge is -2.45. The quantitative estimate of drug-likeness (QED) is 0.177. The zero-order valence-corrected chi connectivity index (χ0v) is 34.4. The Hall–Kier alpha value is -8.61. The number of benzene rings is 9. The van der Waals surface area contributed by atoms with E-state index < -0.39 is 5.41 Å². The fraction of sp³-hybridized carbons (Fsp3) is 0.0172. The highest BCUT2D eigenvalue weighted by Gasteiger charge is 2.50. The number of rotatable bonds is 4. The fourth-order valence-corrected chi connectivity index (χ4v) is 10.8. The molecular formula is C58H35N5O. The first kappa shape index (κ1) is 35.0. The molecule has 0 N–H and O–H groups in total. The topological polar surface area (TPSA) is 57.8 Å². The highest BCUT2D eigenvalue weighted by atomic mass is 16.5. The Morgan fingerprint density at radius 1 is 0.344 bits per heavy atom. The van der Waals surface area contributed by atoms with Gasteiger partial charge in [0.1, 0.15) is 11.5 Å². The summed E-state index contributed by atoms with van der Waals surface area (Å²) < 4.78 is 11.9. The molecule has 0 radical (unpaired) electrons.